The van der Waals surface area contributed by atoms with Crippen LogP contribution < -0.4 is 51.4 Å². The summed E-state index contributed by atoms with van der Waals surface area (Å²) in [7, 11) is -4.96. The average molecular weight is 469 g/mol. The molecule has 10 heteroatoms. The number of fused-ring (bicyclic) bond motifs is 1. The van der Waals surface area contributed by atoms with Gasteiger partial charge in [-0.25, -0.2) is 13.2 Å². The molecule has 1 saturated heterocycles. The molecule has 3 aliphatic rings. The van der Waals surface area contributed by atoms with Crippen molar-refractivity contribution in [2.75, 3.05) is 13.2 Å². The predicted molar refractivity (Wildman–Crippen MR) is 102 cm³/mol. The van der Waals surface area contributed by atoms with Gasteiger partial charge in [0, 0.05) is 5.41 Å². The van der Waals surface area contributed by atoms with Gasteiger partial charge >= 0.3 is 57.4 Å². The van der Waals surface area contributed by atoms with E-state index < -0.39 is 34.0 Å². The van der Waals surface area contributed by atoms with Crippen LogP contribution in [0.15, 0.2) is 22.8 Å². The molecule has 0 aromatic rings. The molecule has 0 spiro atoms. The molecule has 0 aromatic carbocycles. The number of ether oxygens (including phenoxy) is 1. The Morgan fingerprint density at radius 2 is 2.00 bits per heavy atom. The Kier molecular flexibility index (Phi) is 8.61. The Morgan fingerprint density at radius 3 is 2.60 bits per heavy atom. The van der Waals surface area contributed by atoms with Gasteiger partial charge in [0.1, 0.15) is 12.7 Å². The van der Waals surface area contributed by atoms with Crippen LogP contribution in [0.3, 0.4) is 0 Å². The van der Waals surface area contributed by atoms with E-state index in [2.05, 4.69) is 11.1 Å². The number of hydrogen-bond donors (Lipinski definition) is 2. The summed E-state index contributed by atoms with van der Waals surface area (Å²) < 4.78 is 42.2. The zero-order valence-corrected chi connectivity index (χ0v) is 22.0. The molecular weight excluding hydrogens is 439 g/mol. The number of cyclic esters (lactones) is 1. The van der Waals surface area contributed by atoms with Gasteiger partial charge < -0.3 is 19.5 Å². The third-order valence-electron chi connectivity index (χ3n) is 7.33. The fourth-order valence-electron chi connectivity index (χ4n) is 5.64. The molecule has 1 heterocycles. The van der Waals surface area contributed by atoms with E-state index in [9.17, 15) is 28.0 Å². The minimum Gasteiger partial charge on any atom is -0.726 e. The molecule has 0 aromatic heterocycles. The quantitative estimate of drug-likeness (QED) is 0.126. The van der Waals surface area contributed by atoms with E-state index in [4.69, 9.17) is 4.74 Å². The normalized spacial score (nSPS) is 38.3. The summed E-state index contributed by atoms with van der Waals surface area (Å²) in [5, 5.41) is 20.6. The number of rotatable bonds is 5. The number of hydrogen-bond acceptors (Lipinski definition) is 8. The molecule has 5 atom stereocenters. The van der Waals surface area contributed by atoms with E-state index in [1.54, 1.807) is 6.08 Å². The molecular formula is C20H29KO8S. The molecule has 0 unspecified atom stereocenters. The van der Waals surface area contributed by atoms with Crippen molar-refractivity contribution in [3.05, 3.63) is 22.8 Å². The van der Waals surface area contributed by atoms with Crippen LogP contribution in [0.4, 0.5) is 0 Å². The van der Waals surface area contributed by atoms with Gasteiger partial charge in [-0.1, -0.05) is 31.1 Å². The molecule has 8 nitrogen and oxygen atoms in total. The average Bonchev–Trinajstić information content (AvgIpc) is 2.96. The SMILES string of the molecule is CC1=C(C/C=C2/C(=O)OC[C@H]2OS(=O)(=O)[O-])[C@]2(C)CC[C@@H](O)[C@@](C)(CO)[C@H]2CC1.[K+]. The first-order valence-corrected chi connectivity index (χ1v) is 11.2. The number of carbonyl (C=O) groups is 1. The Bertz CT molecular complexity index is 851. The Labute approximate surface area is 220 Å². The number of carbonyl (C=O) groups excluding carboxylic acids is 1. The molecule has 30 heavy (non-hydrogen) atoms. The first-order chi connectivity index (χ1) is 13.4. The van der Waals surface area contributed by atoms with Gasteiger partial charge in [0.2, 0.25) is 10.4 Å². The van der Waals surface area contributed by atoms with Crippen LogP contribution in [0.25, 0.3) is 0 Å². The first kappa shape index (κ1) is 26.6. The van der Waals surface area contributed by atoms with E-state index in [-0.39, 0.29) is 81.5 Å². The summed E-state index contributed by atoms with van der Waals surface area (Å²) in [6, 6.07) is 0. The van der Waals surface area contributed by atoms with E-state index in [0.29, 0.717) is 12.8 Å². The van der Waals surface area contributed by atoms with Crippen LogP contribution in [0.5, 0.6) is 0 Å². The molecule has 164 valence electrons. The zero-order valence-electron chi connectivity index (χ0n) is 18.0. The second-order valence-electron chi connectivity index (χ2n) is 8.94. The van der Waals surface area contributed by atoms with Crippen LogP contribution >= 0.6 is 0 Å². The minimum atomic E-state index is -4.96. The standard InChI is InChI=1S/C20H30O8S.K/c1-12-4-7-16-19(2,9-8-17(22)20(16,3)11-21)14(12)6-5-13-15(10-27-18(13)23)28-29(24,25)26;/h5,15-17,21-22H,4,6-11H2,1-3H3,(H,24,25,26);/q;+1/p-1/b13-5+;/t15-,16+,17-,19+,20+;/m1./s1. The fraction of sp³-hybridized carbons (Fsp3) is 0.750. The van der Waals surface area contributed by atoms with Gasteiger partial charge in [-0.3, -0.25) is 4.18 Å². The van der Waals surface area contributed by atoms with Gasteiger partial charge in [0.05, 0.1) is 18.3 Å². The smallest absolute Gasteiger partial charge is 0.726 e. The van der Waals surface area contributed by atoms with Gasteiger partial charge in [0.15, 0.2) is 0 Å². The maximum atomic E-state index is 12.0. The Balaban J connectivity index is 0.00000320. The van der Waals surface area contributed by atoms with Gasteiger partial charge in [-0.15, -0.1) is 0 Å². The van der Waals surface area contributed by atoms with Crippen molar-refractivity contribution in [3.63, 3.8) is 0 Å². The van der Waals surface area contributed by atoms with Crippen LogP contribution in [0.1, 0.15) is 52.9 Å². The van der Waals surface area contributed by atoms with Crippen molar-refractivity contribution in [1.82, 2.24) is 0 Å². The third-order valence-corrected chi connectivity index (χ3v) is 7.79. The largest absolute Gasteiger partial charge is 1.00 e. The van der Waals surface area contributed by atoms with Gasteiger partial charge in [0.25, 0.3) is 0 Å². The Morgan fingerprint density at radius 1 is 1.33 bits per heavy atom. The van der Waals surface area contributed by atoms with Crippen LogP contribution in [-0.2, 0) is 24.1 Å². The summed E-state index contributed by atoms with van der Waals surface area (Å²) in [5.74, 6) is -0.612. The number of aliphatic hydroxyl groups is 2. The van der Waals surface area contributed by atoms with Crippen molar-refractivity contribution in [1.29, 1.82) is 0 Å². The molecule has 3 rings (SSSR count). The van der Waals surface area contributed by atoms with E-state index in [0.717, 1.165) is 24.8 Å². The van der Waals surface area contributed by atoms with Crippen molar-refractivity contribution in [3.8, 4) is 0 Å². The van der Waals surface area contributed by atoms with Crippen LogP contribution in [0.2, 0.25) is 0 Å². The molecule has 2 fully saturated rings. The maximum Gasteiger partial charge on any atom is 1.00 e. The second-order valence-corrected chi connectivity index (χ2v) is 9.95. The van der Waals surface area contributed by atoms with Gasteiger partial charge in [-0.05, 0) is 50.4 Å². The van der Waals surface area contributed by atoms with E-state index >= 15 is 0 Å². The van der Waals surface area contributed by atoms with Crippen molar-refractivity contribution in [2.45, 2.75) is 65.1 Å². The summed E-state index contributed by atoms with van der Waals surface area (Å²) in [6.45, 7) is 5.69. The van der Waals surface area contributed by atoms with E-state index in [1.165, 1.54) is 5.57 Å². The number of aliphatic hydroxyl groups excluding tert-OH is 2. The predicted octanol–water partition coefficient (Wildman–Crippen LogP) is -1.40. The molecule has 2 N–H and O–H groups in total. The monoisotopic (exact) mass is 468 g/mol. The van der Waals surface area contributed by atoms with E-state index in [1.807, 2.05) is 13.8 Å². The third kappa shape index (κ3) is 4.98. The number of allylic oxidation sites excluding steroid dienone is 3. The topological polar surface area (TPSA) is 133 Å². The summed E-state index contributed by atoms with van der Waals surface area (Å²) in [4.78, 5) is 12.0. The Hall–Kier alpha value is 0.376. The number of esters is 1. The summed E-state index contributed by atoms with van der Waals surface area (Å²) in [6.07, 6.45) is 3.18. The maximum absolute atomic E-state index is 12.0. The zero-order chi connectivity index (χ0) is 21.6. The van der Waals surface area contributed by atoms with Crippen LogP contribution in [-0.4, -0.2) is 54.6 Å². The van der Waals surface area contributed by atoms with Crippen LogP contribution in [0, 0.1) is 16.7 Å². The summed E-state index contributed by atoms with van der Waals surface area (Å²) in [5.41, 5.74) is 1.48. The summed E-state index contributed by atoms with van der Waals surface area (Å²) >= 11 is 0. The molecule has 1 saturated carbocycles. The van der Waals surface area contributed by atoms with Crippen molar-refractivity contribution >= 4 is 16.4 Å². The molecule has 1 aliphatic heterocycles. The van der Waals surface area contributed by atoms with Crippen molar-refractivity contribution < 1.29 is 88.3 Å². The van der Waals surface area contributed by atoms with Crippen molar-refractivity contribution in [2.24, 2.45) is 16.7 Å². The molecule has 0 radical (unpaired) electrons. The minimum absolute atomic E-state index is 0. The molecule has 0 amide bonds. The fourth-order valence-corrected chi connectivity index (χ4v) is 6.08. The molecule has 0 bridgehead atoms. The first-order valence-electron chi connectivity index (χ1n) is 9.91. The second kappa shape index (κ2) is 9.70. The molecule has 2 aliphatic carbocycles. The van der Waals surface area contributed by atoms with Gasteiger partial charge in [-0.2, -0.15) is 0 Å².